The number of rotatable bonds is 7. The minimum Gasteiger partial charge on any atom is -0.326 e. The van der Waals surface area contributed by atoms with E-state index >= 15 is 0 Å². The smallest absolute Gasteiger partial charge is 0.272 e. The van der Waals surface area contributed by atoms with Crippen LogP contribution in [0.3, 0.4) is 0 Å². The molecular weight excluding hydrogens is 488 g/mol. The van der Waals surface area contributed by atoms with E-state index in [2.05, 4.69) is 15.3 Å². The van der Waals surface area contributed by atoms with Gasteiger partial charge in [-0.05, 0) is 35.9 Å². The Balaban J connectivity index is 1.84. The Labute approximate surface area is 200 Å². The van der Waals surface area contributed by atoms with Gasteiger partial charge in [0.15, 0.2) is 0 Å². The highest BCUT2D eigenvalue weighted by molar-refractivity contribution is 6.42. The van der Waals surface area contributed by atoms with Crippen molar-refractivity contribution in [1.29, 1.82) is 0 Å². The van der Waals surface area contributed by atoms with Crippen molar-refractivity contribution in [2.24, 2.45) is 0 Å². The van der Waals surface area contributed by atoms with Crippen molar-refractivity contribution in [3.8, 4) is 0 Å². The molecule has 3 aromatic carbocycles. The van der Waals surface area contributed by atoms with Gasteiger partial charge in [-0.25, -0.2) is 9.37 Å². The Morgan fingerprint density at radius 2 is 1.85 bits per heavy atom. The fraction of sp³-hybridized carbons (Fsp3) is 0.0455. The van der Waals surface area contributed by atoms with Gasteiger partial charge in [0.25, 0.3) is 11.2 Å². The minimum absolute atomic E-state index is 0.0126. The van der Waals surface area contributed by atoms with Crippen LogP contribution in [0.25, 0.3) is 10.9 Å². The fourth-order valence-corrected chi connectivity index (χ4v) is 3.57. The lowest BCUT2D eigenvalue weighted by molar-refractivity contribution is -0.384. The van der Waals surface area contributed by atoms with Gasteiger partial charge in [0.1, 0.15) is 11.3 Å². The molecule has 0 bridgehead atoms. The number of non-ortho nitro benzene ring substituents is 1. The highest BCUT2D eigenvalue weighted by atomic mass is 35.5. The number of benzene rings is 3. The van der Waals surface area contributed by atoms with Gasteiger partial charge in [-0.2, -0.15) is 0 Å². The van der Waals surface area contributed by atoms with E-state index in [9.17, 15) is 24.1 Å². The number of fused-ring (bicyclic) bond motifs is 1. The van der Waals surface area contributed by atoms with Crippen LogP contribution in [0.5, 0.6) is 0 Å². The highest BCUT2D eigenvalue weighted by Gasteiger charge is 2.20. The van der Waals surface area contributed by atoms with Crippen molar-refractivity contribution in [1.82, 2.24) is 9.97 Å². The Bertz CT molecular complexity index is 1480. The predicted octanol–water partition coefficient (Wildman–Crippen LogP) is 5.18. The molecule has 12 heteroatoms. The molecule has 0 saturated carbocycles. The second kappa shape index (κ2) is 9.46. The Hall–Kier alpha value is -4.02. The summed E-state index contributed by atoms with van der Waals surface area (Å²) in [5.74, 6) is -0.438. The zero-order valence-corrected chi connectivity index (χ0v) is 18.6. The van der Waals surface area contributed by atoms with Crippen LogP contribution in [0.4, 0.5) is 27.4 Å². The second-order valence-corrected chi connectivity index (χ2v) is 7.96. The number of aromatic amines is 1. The monoisotopic (exact) mass is 501 g/mol. The van der Waals surface area contributed by atoms with Gasteiger partial charge in [0.05, 0.1) is 32.6 Å². The first-order valence-electron chi connectivity index (χ1n) is 9.66. The van der Waals surface area contributed by atoms with Gasteiger partial charge in [-0.3, -0.25) is 24.7 Å². The summed E-state index contributed by atoms with van der Waals surface area (Å²) < 4.78 is 13.3. The zero-order valence-electron chi connectivity index (χ0n) is 17.1. The maximum Gasteiger partial charge on any atom is 0.272 e. The lowest BCUT2D eigenvalue weighted by Crippen LogP contribution is -2.22. The fourth-order valence-electron chi connectivity index (χ4n) is 3.27. The first-order chi connectivity index (χ1) is 16.2. The molecular formula is C22H14Cl2FN5O4. The molecule has 4 rings (SSSR count). The summed E-state index contributed by atoms with van der Waals surface area (Å²) in [4.78, 5) is 43.6. The molecule has 1 amide bonds. The minimum atomic E-state index is -0.675. The number of nitro benzene ring substituents is 1. The molecule has 2 N–H and O–H groups in total. The van der Waals surface area contributed by atoms with E-state index in [1.807, 2.05) is 0 Å². The van der Waals surface area contributed by atoms with Gasteiger partial charge in [-0.1, -0.05) is 35.3 Å². The van der Waals surface area contributed by atoms with Crippen molar-refractivity contribution in [2.45, 2.75) is 6.54 Å². The van der Waals surface area contributed by atoms with Crippen molar-refractivity contribution >= 4 is 63.5 Å². The molecule has 1 aromatic heterocycles. The van der Waals surface area contributed by atoms with Crippen molar-refractivity contribution in [2.75, 3.05) is 10.2 Å². The number of halogens is 3. The number of hydrogen-bond acceptors (Lipinski definition) is 6. The quantitative estimate of drug-likeness (QED) is 0.204. The third kappa shape index (κ3) is 4.82. The molecule has 0 aliphatic carbocycles. The average Bonchev–Trinajstić information content (AvgIpc) is 2.80. The molecule has 0 spiro atoms. The summed E-state index contributed by atoms with van der Waals surface area (Å²) in [5, 5.41) is 14.9. The number of aromatic nitrogens is 2. The van der Waals surface area contributed by atoms with E-state index in [-0.39, 0.29) is 34.1 Å². The Morgan fingerprint density at radius 1 is 1.12 bits per heavy atom. The topological polar surface area (TPSA) is 121 Å². The first kappa shape index (κ1) is 23.1. The molecule has 1 heterocycles. The van der Waals surface area contributed by atoms with Crippen LogP contribution < -0.4 is 15.8 Å². The summed E-state index contributed by atoms with van der Waals surface area (Å²) >= 11 is 12.0. The molecule has 0 radical (unpaired) electrons. The Morgan fingerprint density at radius 3 is 2.50 bits per heavy atom. The average molecular weight is 502 g/mol. The van der Waals surface area contributed by atoms with Crippen LogP contribution in [0.2, 0.25) is 10.0 Å². The van der Waals surface area contributed by atoms with E-state index in [1.165, 1.54) is 30.3 Å². The number of nitro groups is 1. The molecule has 4 aromatic rings. The number of anilines is 3. The van der Waals surface area contributed by atoms with Crippen molar-refractivity contribution in [3.05, 3.63) is 96.5 Å². The zero-order chi connectivity index (χ0) is 24.4. The summed E-state index contributed by atoms with van der Waals surface area (Å²) in [6, 6.07) is 12.3. The maximum absolute atomic E-state index is 13.3. The molecule has 0 aliphatic rings. The Kier molecular flexibility index (Phi) is 6.44. The number of nitrogens with one attached hydrogen (secondary N) is 2. The first-order valence-corrected chi connectivity index (χ1v) is 10.4. The number of carbonyl (C=O) groups excluding carboxylic acids is 1. The number of carbonyl (C=O) groups is 1. The SMILES string of the molecule is O=CN(Cc1ccc(F)cc1)c1cc([N+](=O)[O-])cc2c(=O)[nH]c(Nc3ccc(Cl)c(Cl)c3)nc12. The van der Waals surface area contributed by atoms with Crippen LogP contribution in [0.1, 0.15) is 5.56 Å². The van der Waals surface area contributed by atoms with Gasteiger partial charge in [0.2, 0.25) is 12.4 Å². The van der Waals surface area contributed by atoms with Crippen LogP contribution in [0, 0.1) is 15.9 Å². The number of amides is 1. The van der Waals surface area contributed by atoms with Crippen LogP contribution in [-0.2, 0) is 11.3 Å². The summed E-state index contributed by atoms with van der Waals surface area (Å²) in [6.07, 6.45) is 0.455. The normalized spacial score (nSPS) is 10.8. The van der Waals surface area contributed by atoms with Crippen LogP contribution in [0.15, 0.2) is 59.4 Å². The molecule has 0 saturated heterocycles. The third-order valence-electron chi connectivity index (χ3n) is 4.87. The predicted molar refractivity (Wildman–Crippen MR) is 127 cm³/mol. The van der Waals surface area contributed by atoms with E-state index in [0.717, 1.165) is 17.0 Å². The van der Waals surface area contributed by atoms with Gasteiger partial charge < -0.3 is 10.2 Å². The highest BCUT2D eigenvalue weighted by Crippen LogP contribution is 2.31. The molecule has 172 valence electrons. The number of hydrogen-bond donors (Lipinski definition) is 2. The largest absolute Gasteiger partial charge is 0.326 e. The van der Waals surface area contributed by atoms with Crippen molar-refractivity contribution in [3.63, 3.8) is 0 Å². The summed E-state index contributed by atoms with van der Waals surface area (Å²) in [5.41, 5.74) is 0.0556. The molecule has 34 heavy (non-hydrogen) atoms. The number of H-pyrrole nitrogens is 1. The lowest BCUT2D eigenvalue weighted by atomic mass is 10.1. The van der Waals surface area contributed by atoms with E-state index < -0.39 is 22.0 Å². The molecule has 0 fully saturated rings. The summed E-state index contributed by atoms with van der Waals surface area (Å²) in [6.45, 7) is -0.0376. The lowest BCUT2D eigenvalue weighted by Gasteiger charge is -2.19. The van der Waals surface area contributed by atoms with Crippen molar-refractivity contribution < 1.29 is 14.1 Å². The standard InChI is InChI=1S/C22H14Cl2FN5O4/c23-17-6-5-14(7-18(17)24)26-22-27-20-16(21(32)28-22)8-15(30(33)34)9-19(20)29(11-31)10-12-1-3-13(25)4-2-12/h1-9,11H,10H2,(H2,26,27,28,32). The second-order valence-electron chi connectivity index (χ2n) is 7.15. The van der Waals surface area contributed by atoms with Gasteiger partial charge >= 0.3 is 0 Å². The van der Waals surface area contributed by atoms with E-state index in [1.54, 1.807) is 12.1 Å². The van der Waals surface area contributed by atoms with E-state index in [4.69, 9.17) is 23.2 Å². The third-order valence-corrected chi connectivity index (χ3v) is 5.61. The van der Waals surface area contributed by atoms with E-state index in [0.29, 0.717) is 22.7 Å². The molecule has 9 nitrogen and oxygen atoms in total. The molecule has 0 atom stereocenters. The number of nitrogens with zero attached hydrogens (tertiary/aromatic N) is 3. The van der Waals surface area contributed by atoms with Crippen LogP contribution >= 0.6 is 23.2 Å². The van der Waals surface area contributed by atoms with Gasteiger partial charge in [0, 0.05) is 17.8 Å². The van der Waals surface area contributed by atoms with Crippen LogP contribution in [-0.4, -0.2) is 21.3 Å². The van der Waals surface area contributed by atoms with Gasteiger partial charge in [-0.15, -0.1) is 0 Å². The summed E-state index contributed by atoms with van der Waals surface area (Å²) in [7, 11) is 0. The molecule has 0 aliphatic heterocycles. The maximum atomic E-state index is 13.3. The molecule has 0 unspecified atom stereocenters.